The standard InChI is InChI=1S/C11H17F2N3/c1-16-7-9(6-15-16)10(14)8-2-4-11(12,13)5-3-8/h6-8,10H,2-5,14H2,1H3. The van der Waals surface area contributed by atoms with E-state index in [0.717, 1.165) is 5.56 Å². The molecule has 2 N–H and O–H groups in total. The van der Waals surface area contributed by atoms with Gasteiger partial charge in [-0.1, -0.05) is 0 Å². The third-order valence-electron chi connectivity index (χ3n) is 3.38. The fourth-order valence-electron chi connectivity index (χ4n) is 2.31. The van der Waals surface area contributed by atoms with Gasteiger partial charge in [-0.3, -0.25) is 4.68 Å². The van der Waals surface area contributed by atoms with Crippen LogP contribution in [-0.4, -0.2) is 15.7 Å². The molecule has 1 fully saturated rings. The molecular weight excluding hydrogens is 212 g/mol. The van der Waals surface area contributed by atoms with Gasteiger partial charge in [-0.05, 0) is 18.8 Å². The third kappa shape index (κ3) is 2.40. The van der Waals surface area contributed by atoms with Gasteiger partial charge in [0.1, 0.15) is 0 Å². The van der Waals surface area contributed by atoms with Crippen molar-refractivity contribution in [2.45, 2.75) is 37.6 Å². The maximum atomic E-state index is 13.0. The maximum absolute atomic E-state index is 13.0. The number of aromatic nitrogens is 2. The van der Waals surface area contributed by atoms with Crippen LogP contribution in [0.1, 0.15) is 37.3 Å². The molecule has 1 saturated carbocycles. The van der Waals surface area contributed by atoms with Gasteiger partial charge in [0.05, 0.1) is 6.20 Å². The Morgan fingerprint density at radius 1 is 1.50 bits per heavy atom. The van der Waals surface area contributed by atoms with Crippen LogP contribution in [0.3, 0.4) is 0 Å². The second-order valence-corrected chi connectivity index (χ2v) is 4.67. The summed E-state index contributed by atoms with van der Waals surface area (Å²) in [5.41, 5.74) is 7.02. The summed E-state index contributed by atoms with van der Waals surface area (Å²) in [6.07, 6.45) is 4.51. The van der Waals surface area contributed by atoms with E-state index < -0.39 is 5.92 Å². The van der Waals surface area contributed by atoms with Gasteiger partial charge in [-0.15, -0.1) is 0 Å². The largest absolute Gasteiger partial charge is 0.324 e. The van der Waals surface area contributed by atoms with E-state index in [0.29, 0.717) is 12.8 Å². The monoisotopic (exact) mass is 229 g/mol. The molecule has 1 atom stereocenters. The molecular formula is C11H17F2N3. The quantitative estimate of drug-likeness (QED) is 0.845. The van der Waals surface area contributed by atoms with Crippen molar-refractivity contribution in [1.29, 1.82) is 0 Å². The first kappa shape index (κ1) is 11.5. The lowest BCUT2D eigenvalue weighted by Crippen LogP contribution is -2.30. The number of rotatable bonds is 2. The lowest BCUT2D eigenvalue weighted by molar-refractivity contribution is -0.0483. The van der Waals surface area contributed by atoms with E-state index in [1.807, 2.05) is 13.2 Å². The summed E-state index contributed by atoms with van der Waals surface area (Å²) in [7, 11) is 1.82. The third-order valence-corrected chi connectivity index (χ3v) is 3.38. The number of nitrogens with two attached hydrogens (primary N) is 1. The Labute approximate surface area is 93.6 Å². The summed E-state index contributed by atoms with van der Waals surface area (Å²) >= 11 is 0. The Bertz CT molecular complexity index is 352. The first-order chi connectivity index (χ1) is 7.48. The minimum atomic E-state index is -2.48. The topological polar surface area (TPSA) is 43.8 Å². The predicted octanol–water partition coefficient (Wildman–Crippen LogP) is 2.25. The lowest BCUT2D eigenvalue weighted by Gasteiger charge is -2.31. The number of aryl methyl sites for hydroxylation is 1. The van der Waals surface area contributed by atoms with Crippen molar-refractivity contribution in [2.24, 2.45) is 18.7 Å². The van der Waals surface area contributed by atoms with Crippen LogP contribution in [0.4, 0.5) is 8.78 Å². The molecule has 0 saturated heterocycles. The van der Waals surface area contributed by atoms with E-state index in [1.165, 1.54) is 0 Å². The van der Waals surface area contributed by atoms with Gasteiger partial charge >= 0.3 is 0 Å². The van der Waals surface area contributed by atoms with Crippen LogP contribution in [0.5, 0.6) is 0 Å². The highest BCUT2D eigenvalue weighted by molar-refractivity contribution is 5.11. The second-order valence-electron chi connectivity index (χ2n) is 4.67. The number of nitrogens with zero attached hydrogens (tertiary/aromatic N) is 2. The first-order valence-electron chi connectivity index (χ1n) is 5.60. The normalized spacial score (nSPS) is 23.2. The molecule has 1 aromatic rings. The number of hydrogen-bond acceptors (Lipinski definition) is 2. The summed E-state index contributed by atoms with van der Waals surface area (Å²) in [6, 6.07) is -0.162. The van der Waals surface area contributed by atoms with Crippen LogP contribution in [0.2, 0.25) is 0 Å². The van der Waals surface area contributed by atoms with Gasteiger partial charge in [0.15, 0.2) is 0 Å². The van der Waals surface area contributed by atoms with E-state index in [-0.39, 0.29) is 24.8 Å². The summed E-state index contributed by atoms with van der Waals surface area (Å²) in [6.45, 7) is 0. The van der Waals surface area contributed by atoms with Gasteiger partial charge in [-0.2, -0.15) is 5.10 Å². The molecule has 0 bridgehead atoms. The van der Waals surface area contributed by atoms with Gasteiger partial charge < -0.3 is 5.73 Å². The summed E-state index contributed by atoms with van der Waals surface area (Å²) < 4.78 is 27.7. The molecule has 3 nitrogen and oxygen atoms in total. The molecule has 2 rings (SSSR count). The van der Waals surface area contributed by atoms with Gasteiger partial charge in [0.2, 0.25) is 5.92 Å². The lowest BCUT2D eigenvalue weighted by atomic mass is 9.81. The minimum Gasteiger partial charge on any atom is -0.324 e. The fourth-order valence-corrected chi connectivity index (χ4v) is 2.31. The van der Waals surface area contributed by atoms with Crippen molar-refractivity contribution in [1.82, 2.24) is 9.78 Å². The molecule has 0 amide bonds. The number of halogens is 2. The SMILES string of the molecule is Cn1cc(C(N)C2CCC(F)(F)CC2)cn1. The molecule has 1 unspecified atom stereocenters. The Morgan fingerprint density at radius 3 is 2.62 bits per heavy atom. The van der Waals surface area contributed by atoms with Gasteiger partial charge in [0.25, 0.3) is 0 Å². The van der Waals surface area contributed by atoms with Crippen molar-refractivity contribution in [3.05, 3.63) is 18.0 Å². The van der Waals surface area contributed by atoms with Gasteiger partial charge in [-0.25, -0.2) is 8.78 Å². The molecule has 0 aliphatic heterocycles. The van der Waals surface area contributed by atoms with E-state index >= 15 is 0 Å². The molecule has 0 radical (unpaired) electrons. The fraction of sp³-hybridized carbons (Fsp3) is 0.727. The Morgan fingerprint density at radius 2 is 2.12 bits per heavy atom. The van der Waals surface area contributed by atoms with E-state index in [4.69, 9.17) is 5.73 Å². The zero-order chi connectivity index (χ0) is 11.8. The molecule has 1 aromatic heterocycles. The van der Waals surface area contributed by atoms with Crippen LogP contribution in [0.25, 0.3) is 0 Å². The highest BCUT2D eigenvalue weighted by Gasteiger charge is 2.37. The van der Waals surface area contributed by atoms with Crippen LogP contribution < -0.4 is 5.73 Å². The smallest absolute Gasteiger partial charge is 0.248 e. The molecule has 16 heavy (non-hydrogen) atoms. The molecule has 90 valence electrons. The molecule has 0 spiro atoms. The molecule has 1 heterocycles. The van der Waals surface area contributed by atoms with Crippen molar-refractivity contribution in [3.8, 4) is 0 Å². The molecule has 1 aliphatic rings. The Kier molecular flexibility index (Phi) is 2.97. The van der Waals surface area contributed by atoms with Gasteiger partial charge in [0, 0.05) is 37.7 Å². The van der Waals surface area contributed by atoms with Crippen molar-refractivity contribution in [2.75, 3.05) is 0 Å². The predicted molar refractivity (Wildman–Crippen MR) is 57.0 cm³/mol. The van der Waals surface area contributed by atoms with Crippen LogP contribution >= 0.6 is 0 Å². The maximum Gasteiger partial charge on any atom is 0.248 e. The molecule has 0 aromatic carbocycles. The first-order valence-corrected chi connectivity index (χ1v) is 5.60. The van der Waals surface area contributed by atoms with E-state index in [2.05, 4.69) is 5.10 Å². The number of alkyl halides is 2. The number of hydrogen-bond donors (Lipinski definition) is 1. The van der Waals surface area contributed by atoms with Crippen LogP contribution in [0.15, 0.2) is 12.4 Å². The minimum absolute atomic E-state index is 0.0361. The van der Waals surface area contributed by atoms with E-state index in [1.54, 1.807) is 10.9 Å². The van der Waals surface area contributed by atoms with Crippen LogP contribution in [0, 0.1) is 5.92 Å². The second kappa shape index (κ2) is 4.13. The highest BCUT2D eigenvalue weighted by atomic mass is 19.3. The zero-order valence-electron chi connectivity index (χ0n) is 9.37. The Balaban J connectivity index is 1.99. The zero-order valence-corrected chi connectivity index (χ0v) is 9.37. The summed E-state index contributed by atoms with van der Waals surface area (Å²) in [4.78, 5) is 0. The average molecular weight is 229 g/mol. The van der Waals surface area contributed by atoms with Crippen molar-refractivity contribution >= 4 is 0 Å². The summed E-state index contributed by atoms with van der Waals surface area (Å²) in [5, 5.41) is 4.05. The molecule has 1 aliphatic carbocycles. The van der Waals surface area contributed by atoms with Crippen molar-refractivity contribution < 1.29 is 8.78 Å². The van der Waals surface area contributed by atoms with E-state index in [9.17, 15) is 8.78 Å². The average Bonchev–Trinajstić information content (AvgIpc) is 2.64. The summed E-state index contributed by atoms with van der Waals surface area (Å²) in [5.74, 6) is -2.32. The molecule has 5 heteroatoms. The Hall–Kier alpha value is -0.970. The van der Waals surface area contributed by atoms with Crippen LogP contribution in [-0.2, 0) is 7.05 Å². The highest BCUT2D eigenvalue weighted by Crippen LogP contribution is 2.40. The van der Waals surface area contributed by atoms with Crippen molar-refractivity contribution in [3.63, 3.8) is 0 Å².